The standard InChI is InChI=1S/C27H32O8/c1-6-21(22-11-9-19(34-26(30)7-2)13-24(22)32-15-17(4)28)23-12-10-20(35-27(31)8-3)14-25(23)33-16-18(5)29/h7-14,17-18,21,28-29H,2-3,6,15-16H2,1,4-5H3. The van der Waals surface area contributed by atoms with E-state index in [1.54, 1.807) is 50.2 Å². The normalized spacial score (nSPS) is 13.2. The molecule has 0 saturated carbocycles. The quantitative estimate of drug-likeness (QED) is 0.250. The maximum Gasteiger partial charge on any atom is 0.335 e. The highest BCUT2D eigenvalue weighted by Gasteiger charge is 2.23. The van der Waals surface area contributed by atoms with Gasteiger partial charge in [0.2, 0.25) is 0 Å². The molecule has 0 amide bonds. The highest BCUT2D eigenvalue weighted by atomic mass is 16.5. The second-order valence-electron chi connectivity index (χ2n) is 7.93. The number of rotatable bonds is 13. The monoisotopic (exact) mass is 484 g/mol. The molecule has 2 unspecified atom stereocenters. The van der Waals surface area contributed by atoms with E-state index in [2.05, 4.69) is 13.2 Å². The second-order valence-corrected chi connectivity index (χ2v) is 7.93. The maximum absolute atomic E-state index is 11.7. The molecule has 8 nitrogen and oxygen atoms in total. The number of esters is 2. The summed E-state index contributed by atoms with van der Waals surface area (Å²) in [5, 5.41) is 19.5. The van der Waals surface area contributed by atoms with Crippen LogP contribution < -0.4 is 18.9 Å². The number of carbonyl (C=O) groups excluding carboxylic acids is 2. The van der Waals surface area contributed by atoms with Crippen molar-refractivity contribution >= 4 is 11.9 Å². The third-order valence-electron chi connectivity index (χ3n) is 4.86. The minimum absolute atomic E-state index is 0.0319. The lowest BCUT2D eigenvalue weighted by Crippen LogP contribution is -2.16. The van der Waals surface area contributed by atoms with Crippen LogP contribution in [-0.2, 0) is 9.59 Å². The van der Waals surface area contributed by atoms with Crippen LogP contribution in [0.1, 0.15) is 44.2 Å². The van der Waals surface area contributed by atoms with Gasteiger partial charge in [-0.3, -0.25) is 0 Å². The van der Waals surface area contributed by atoms with Gasteiger partial charge in [-0.05, 0) is 32.4 Å². The van der Waals surface area contributed by atoms with Gasteiger partial charge in [0.15, 0.2) is 0 Å². The molecule has 2 N–H and O–H groups in total. The van der Waals surface area contributed by atoms with Gasteiger partial charge in [-0.2, -0.15) is 0 Å². The number of benzene rings is 2. The second kappa shape index (κ2) is 13.3. The molecule has 0 saturated heterocycles. The first kappa shape index (κ1) is 27.6. The van der Waals surface area contributed by atoms with Gasteiger partial charge in [-0.15, -0.1) is 0 Å². The Morgan fingerprint density at radius 2 is 1.23 bits per heavy atom. The molecule has 0 radical (unpaired) electrons. The minimum atomic E-state index is -0.717. The summed E-state index contributed by atoms with van der Waals surface area (Å²) in [6.45, 7) is 12.1. The highest BCUT2D eigenvalue weighted by Crippen LogP contribution is 2.41. The van der Waals surface area contributed by atoms with E-state index in [1.807, 2.05) is 6.92 Å². The van der Waals surface area contributed by atoms with Crippen molar-refractivity contribution in [3.63, 3.8) is 0 Å². The predicted molar refractivity (Wildman–Crippen MR) is 131 cm³/mol. The summed E-state index contributed by atoms with van der Waals surface area (Å²) < 4.78 is 22.2. The molecule has 0 aliphatic rings. The zero-order valence-electron chi connectivity index (χ0n) is 20.2. The van der Waals surface area contributed by atoms with Gasteiger partial charge in [0.25, 0.3) is 0 Å². The fourth-order valence-electron chi connectivity index (χ4n) is 3.33. The number of hydrogen-bond donors (Lipinski definition) is 2. The van der Waals surface area contributed by atoms with Gasteiger partial charge < -0.3 is 29.2 Å². The van der Waals surface area contributed by atoms with Gasteiger partial charge in [-0.25, -0.2) is 9.59 Å². The summed E-state index contributed by atoms with van der Waals surface area (Å²) in [5.41, 5.74) is 1.54. The van der Waals surface area contributed by atoms with Crippen LogP contribution in [0, 0.1) is 0 Å². The van der Waals surface area contributed by atoms with Crippen LogP contribution in [0.2, 0.25) is 0 Å². The van der Waals surface area contributed by atoms with Gasteiger partial charge in [-0.1, -0.05) is 32.2 Å². The Kier molecular flexibility index (Phi) is 10.5. The number of aliphatic hydroxyl groups excluding tert-OH is 2. The molecule has 0 bridgehead atoms. The van der Waals surface area contributed by atoms with E-state index in [0.29, 0.717) is 17.9 Å². The van der Waals surface area contributed by atoms with E-state index < -0.39 is 24.1 Å². The van der Waals surface area contributed by atoms with Crippen molar-refractivity contribution in [2.75, 3.05) is 13.2 Å². The van der Waals surface area contributed by atoms with Crippen molar-refractivity contribution in [1.29, 1.82) is 0 Å². The molecule has 35 heavy (non-hydrogen) atoms. The molecule has 8 heteroatoms. The topological polar surface area (TPSA) is 112 Å². The number of carbonyl (C=O) groups is 2. The van der Waals surface area contributed by atoms with E-state index in [0.717, 1.165) is 23.3 Å². The molecule has 188 valence electrons. The Labute approximate surface area is 205 Å². The van der Waals surface area contributed by atoms with Crippen molar-refractivity contribution in [3.05, 3.63) is 72.8 Å². The molecule has 0 aliphatic heterocycles. The van der Waals surface area contributed by atoms with E-state index in [9.17, 15) is 19.8 Å². The fraction of sp³-hybridized carbons (Fsp3) is 0.333. The van der Waals surface area contributed by atoms with Crippen molar-refractivity contribution in [2.45, 2.75) is 45.3 Å². The summed E-state index contributed by atoms with van der Waals surface area (Å²) in [4.78, 5) is 23.3. The first-order valence-electron chi connectivity index (χ1n) is 11.3. The first-order chi connectivity index (χ1) is 16.7. The van der Waals surface area contributed by atoms with Crippen molar-refractivity contribution in [1.82, 2.24) is 0 Å². The van der Waals surface area contributed by atoms with Crippen LogP contribution in [0.5, 0.6) is 23.0 Å². The van der Waals surface area contributed by atoms with Crippen molar-refractivity contribution < 1.29 is 38.7 Å². The number of ether oxygens (including phenoxy) is 4. The predicted octanol–water partition coefficient (Wildman–Crippen LogP) is 3.93. The zero-order valence-corrected chi connectivity index (χ0v) is 20.2. The summed E-state index contributed by atoms with van der Waals surface area (Å²) >= 11 is 0. The van der Waals surface area contributed by atoms with E-state index in [-0.39, 0.29) is 30.6 Å². The van der Waals surface area contributed by atoms with E-state index in [1.165, 1.54) is 0 Å². The van der Waals surface area contributed by atoms with Gasteiger partial charge in [0, 0.05) is 41.3 Å². The lowest BCUT2D eigenvalue weighted by molar-refractivity contribution is -0.129. The van der Waals surface area contributed by atoms with Crippen LogP contribution in [0.3, 0.4) is 0 Å². The van der Waals surface area contributed by atoms with E-state index >= 15 is 0 Å². The summed E-state index contributed by atoms with van der Waals surface area (Å²) in [6.07, 6.45) is 1.32. The molecule has 2 aromatic carbocycles. The molecule has 0 aliphatic carbocycles. The van der Waals surface area contributed by atoms with Gasteiger partial charge in [0.1, 0.15) is 36.2 Å². The van der Waals surface area contributed by atoms with Crippen LogP contribution in [0.15, 0.2) is 61.7 Å². The molecule has 2 aromatic rings. The van der Waals surface area contributed by atoms with Gasteiger partial charge >= 0.3 is 11.9 Å². The smallest absolute Gasteiger partial charge is 0.335 e. The summed E-state index contributed by atoms with van der Waals surface area (Å²) in [7, 11) is 0. The largest absolute Gasteiger partial charge is 0.490 e. The lowest BCUT2D eigenvalue weighted by atomic mass is 9.87. The van der Waals surface area contributed by atoms with Crippen molar-refractivity contribution in [2.24, 2.45) is 0 Å². The molecule has 0 spiro atoms. The third kappa shape index (κ3) is 8.27. The Morgan fingerprint density at radius 1 is 0.829 bits per heavy atom. The Hall–Kier alpha value is -3.62. The minimum Gasteiger partial charge on any atom is -0.490 e. The molecule has 0 fully saturated rings. The third-order valence-corrected chi connectivity index (χ3v) is 4.86. The Balaban J connectivity index is 2.55. The van der Waals surface area contributed by atoms with E-state index in [4.69, 9.17) is 18.9 Å². The fourth-order valence-corrected chi connectivity index (χ4v) is 3.33. The summed E-state index contributed by atoms with van der Waals surface area (Å²) in [6, 6.07) is 10.0. The average molecular weight is 485 g/mol. The Morgan fingerprint density at radius 3 is 1.54 bits per heavy atom. The number of aliphatic hydroxyl groups is 2. The molecule has 0 heterocycles. The van der Waals surface area contributed by atoms with Crippen LogP contribution in [-0.4, -0.2) is 47.6 Å². The molecular weight excluding hydrogens is 452 g/mol. The SMILES string of the molecule is C=CC(=O)Oc1ccc(C(CC)c2ccc(OC(=O)C=C)cc2OCC(C)O)c(OCC(C)O)c1. The Bertz CT molecular complexity index is 960. The zero-order chi connectivity index (χ0) is 26.0. The molecule has 0 aromatic heterocycles. The highest BCUT2D eigenvalue weighted by molar-refractivity contribution is 5.84. The molecule has 2 rings (SSSR count). The maximum atomic E-state index is 11.7. The first-order valence-corrected chi connectivity index (χ1v) is 11.3. The van der Waals surface area contributed by atoms with Gasteiger partial charge in [0.05, 0.1) is 12.2 Å². The van der Waals surface area contributed by atoms with Crippen molar-refractivity contribution in [3.8, 4) is 23.0 Å². The average Bonchev–Trinajstić information content (AvgIpc) is 2.83. The molecular formula is C27H32O8. The van der Waals surface area contributed by atoms with Crippen LogP contribution in [0.4, 0.5) is 0 Å². The lowest BCUT2D eigenvalue weighted by Gasteiger charge is -2.24. The summed E-state index contributed by atoms with van der Waals surface area (Å²) in [5.74, 6) is -0.0602. The molecule has 2 atom stereocenters. The number of hydrogen-bond acceptors (Lipinski definition) is 8. The van der Waals surface area contributed by atoms with Crippen LogP contribution >= 0.6 is 0 Å². The van der Waals surface area contributed by atoms with Crippen LogP contribution in [0.25, 0.3) is 0 Å².